The Kier molecular flexibility index (Phi) is 5.21. The summed E-state index contributed by atoms with van der Waals surface area (Å²) < 4.78 is 5.19. The topological polar surface area (TPSA) is 79.7 Å². The zero-order valence-corrected chi connectivity index (χ0v) is 14.9. The minimum absolute atomic E-state index is 0.125. The second-order valence-electron chi connectivity index (χ2n) is 6.47. The third-order valence-corrected chi connectivity index (χ3v) is 4.90. The Morgan fingerprint density at radius 1 is 1.12 bits per heavy atom. The van der Waals surface area contributed by atoms with Crippen molar-refractivity contribution >= 4 is 11.9 Å². The van der Waals surface area contributed by atoms with Gasteiger partial charge in [-0.25, -0.2) is 9.78 Å². The molecule has 2 heterocycles. The lowest BCUT2D eigenvalue weighted by Crippen LogP contribution is -2.38. The predicted molar refractivity (Wildman–Crippen MR) is 96.8 cm³/mol. The number of methoxy groups -OCH3 is 1. The van der Waals surface area contributed by atoms with Crippen molar-refractivity contribution in [2.45, 2.75) is 25.7 Å². The van der Waals surface area contributed by atoms with Gasteiger partial charge in [-0.2, -0.15) is 0 Å². The van der Waals surface area contributed by atoms with E-state index in [-0.39, 0.29) is 11.5 Å². The fourth-order valence-corrected chi connectivity index (χ4v) is 3.36. The SMILES string of the molecule is COc1ccc(C2CCN(C(=O)c3ccc(C(=O)O)c(C)n3)CC2)cc1. The quantitative estimate of drug-likeness (QED) is 0.912. The molecular weight excluding hydrogens is 332 g/mol. The number of carboxylic acid groups (broad SMARTS) is 1. The summed E-state index contributed by atoms with van der Waals surface area (Å²) in [4.78, 5) is 29.7. The number of hydrogen-bond donors (Lipinski definition) is 1. The first-order valence-corrected chi connectivity index (χ1v) is 8.63. The number of pyridine rings is 1. The van der Waals surface area contributed by atoms with Crippen molar-refractivity contribution in [1.82, 2.24) is 9.88 Å². The fourth-order valence-electron chi connectivity index (χ4n) is 3.36. The maximum absolute atomic E-state index is 12.7. The first kappa shape index (κ1) is 17.9. The summed E-state index contributed by atoms with van der Waals surface area (Å²) in [6.45, 7) is 2.93. The molecular formula is C20H22N2O4. The molecule has 1 amide bonds. The minimum atomic E-state index is -1.03. The van der Waals surface area contributed by atoms with Gasteiger partial charge in [0.1, 0.15) is 11.4 Å². The van der Waals surface area contributed by atoms with Crippen LogP contribution >= 0.6 is 0 Å². The number of hydrogen-bond acceptors (Lipinski definition) is 4. The Balaban J connectivity index is 1.64. The molecule has 1 saturated heterocycles. The van der Waals surface area contributed by atoms with Crippen LogP contribution in [-0.2, 0) is 0 Å². The molecule has 1 aromatic heterocycles. The van der Waals surface area contributed by atoms with Gasteiger partial charge in [-0.15, -0.1) is 0 Å². The van der Waals surface area contributed by atoms with Gasteiger partial charge in [0.15, 0.2) is 0 Å². The largest absolute Gasteiger partial charge is 0.497 e. The first-order chi connectivity index (χ1) is 12.5. The van der Waals surface area contributed by atoms with E-state index in [1.807, 2.05) is 12.1 Å². The molecule has 1 aliphatic rings. The number of rotatable bonds is 4. The van der Waals surface area contributed by atoms with Gasteiger partial charge in [-0.05, 0) is 55.5 Å². The number of benzene rings is 1. The van der Waals surface area contributed by atoms with Gasteiger partial charge in [0.05, 0.1) is 18.4 Å². The molecule has 0 aliphatic carbocycles. The van der Waals surface area contributed by atoms with Crippen molar-refractivity contribution < 1.29 is 19.4 Å². The van der Waals surface area contributed by atoms with Crippen LogP contribution in [0, 0.1) is 6.92 Å². The van der Waals surface area contributed by atoms with Crippen LogP contribution in [0.4, 0.5) is 0 Å². The molecule has 26 heavy (non-hydrogen) atoms. The smallest absolute Gasteiger partial charge is 0.337 e. The molecule has 0 bridgehead atoms. The summed E-state index contributed by atoms with van der Waals surface area (Å²) in [7, 11) is 1.65. The van der Waals surface area contributed by atoms with Crippen LogP contribution in [0.1, 0.15) is 50.9 Å². The minimum Gasteiger partial charge on any atom is -0.497 e. The molecule has 1 fully saturated rings. The van der Waals surface area contributed by atoms with Gasteiger partial charge >= 0.3 is 5.97 Å². The third-order valence-electron chi connectivity index (χ3n) is 4.90. The van der Waals surface area contributed by atoms with Gasteiger partial charge in [0.25, 0.3) is 5.91 Å². The lowest BCUT2D eigenvalue weighted by molar-refractivity contribution is 0.0684. The molecule has 3 rings (SSSR count). The van der Waals surface area contributed by atoms with Crippen LogP contribution in [0.25, 0.3) is 0 Å². The van der Waals surface area contributed by atoms with Crippen LogP contribution in [0.3, 0.4) is 0 Å². The molecule has 136 valence electrons. The number of nitrogens with zero attached hydrogens (tertiary/aromatic N) is 2. The van der Waals surface area contributed by atoms with Crippen LogP contribution in [0.5, 0.6) is 5.75 Å². The molecule has 1 aliphatic heterocycles. The summed E-state index contributed by atoms with van der Waals surface area (Å²) in [5.74, 6) is 0.0918. The second-order valence-corrected chi connectivity index (χ2v) is 6.47. The Bertz CT molecular complexity index is 809. The van der Waals surface area contributed by atoms with E-state index in [9.17, 15) is 9.59 Å². The number of likely N-dealkylation sites (tertiary alicyclic amines) is 1. The van der Waals surface area contributed by atoms with Crippen molar-refractivity contribution in [2.24, 2.45) is 0 Å². The summed E-state index contributed by atoms with van der Waals surface area (Å²) in [5, 5.41) is 9.07. The molecule has 6 heteroatoms. The highest BCUT2D eigenvalue weighted by Crippen LogP contribution is 2.29. The zero-order chi connectivity index (χ0) is 18.7. The lowest BCUT2D eigenvalue weighted by atomic mass is 9.89. The maximum Gasteiger partial charge on any atom is 0.337 e. The number of carbonyl (C=O) groups is 2. The van der Waals surface area contributed by atoms with Gasteiger partial charge < -0.3 is 14.7 Å². The summed E-state index contributed by atoms with van der Waals surface area (Å²) >= 11 is 0. The van der Waals surface area contributed by atoms with Crippen LogP contribution < -0.4 is 4.74 Å². The fraction of sp³-hybridized carbons (Fsp3) is 0.350. The van der Waals surface area contributed by atoms with E-state index in [4.69, 9.17) is 9.84 Å². The number of aromatic carboxylic acids is 1. The molecule has 0 atom stereocenters. The van der Waals surface area contributed by atoms with E-state index < -0.39 is 5.97 Å². The molecule has 1 aromatic carbocycles. The van der Waals surface area contributed by atoms with Crippen molar-refractivity contribution in [1.29, 1.82) is 0 Å². The zero-order valence-electron chi connectivity index (χ0n) is 14.9. The summed E-state index contributed by atoms with van der Waals surface area (Å²) in [6, 6.07) is 11.0. The number of carboxylic acids is 1. The van der Waals surface area contributed by atoms with E-state index in [2.05, 4.69) is 17.1 Å². The highest BCUT2D eigenvalue weighted by molar-refractivity contribution is 5.94. The van der Waals surface area contributed by atoms with Gasteiger partial charge in [-0.1, -0.05) is 12.1 Å². The normalized spacial score (nSPS) is 14.9. The first-order valence-electron chi connectivity index (χ1n) is 8.63. The number of amides is 1. The Morgan fingerprint density at radius 3 is 2.31 bits per heavy atom. The van der Waals surface area contributed by atoms with Crippen LogP contribution in [-0.4, -0.2) is 47.1 Å². The van der Waals surface area contributed by atoms with Crippen molar-refractivity contribution in [2.75, 3.05) is 20.2 Å². The Labute approximate surface area is 152 Å². The summed E-state index contributed by atoms with van der Waals surface area (Å²) in [6.07, 6.45) is 1.79. The summed E-state index contributed by atoms with van der Waals surface area (Å²) in [5.41, 5.74) is 2.05. The van der Waals surface area contributed by atoms with Crippen LogP contribution in [0.2, 0.25) is 0 Å². The van der Waals surface area contributed by atoms with E-state index in [1.54, 1.807) is 18.9 Å². The average Bonchev–Trinajstić information content (AvgIpc) is 2.67. The van der Waals surface area contributed by atoms with Gasteiger partial charge in [-0.3, -0.25) is 4.79 Å². The molecule has 0 spiro atoms. The van der Waals surface area contributed by atoms with Crippen molar-refractivity contribution in [3.63, 3.8) is 0 Å². The molecule has 0 saturated carbocycles. The predicted octanol–water partition coefficient (Wildman–Crippen LogP) is 3.12. The number of piperidine rings is 1. The van der Waals surface area contributed by atoms with E-state index in [0.29, 0.717) is 30.4 Å². The molecule has 6 nitrogen and oxygen atoms in total. The average molecular weight is 354 g/mol. The second kappa shape index (κ2) is 7.56. The number of aryl methyl sites for hydroxylation is 1. The third kappa shape index (κ3) is 3.69. The van der Waals surface area contributed by atoms with E-state index in [0.717, 1.165) is 18.6 Å². The van der Waals surface area contributed by atoms with E-state index >= 15 is 0 Å². The number of ether oxygens (including phenoxy) is 1. The Morgan fingerprint density at radius 2 is 1.77 bits per heavy atom. The number of aromatic nitrogens is 1. The lowest BCUT2D eigenvalue weighted by Gasteiger charge is -2.32. The van der Waals surface area contributed by atoms with Gasteiger partial charge in [0.2, 0.25) is 0 Å². The van der Waals surface area contributed by atoms with Crippen molar-refractivity contribution in [3.8, 4) is 5.75 Å². The Hall–Kier alpha value is -2.89. The molecule has 2 aromatic rings. The standard InChI is InChI=1S/C20H22N2O4/c1-13-17(20(24)25)7-8-18(21-13)19(23)22-11-9-15(10-12-22)14-3-5-16(26-2)6-4-14/h3-8,15H,9-12H2,1-2H3,(H,24,25). The number of carbonyl (C=O) groups excluding carboxylic acids is 1. The van der Waals surface area contributed by atoms with E-state index in [1.165, 1.54) is 17.7 Å². The van der Waals surface area contributed by atoms with Crippen molar-refractivity contribution in [3.05, 3.63) is 58.9 Å². The highest BCUT2D eigenvalue weighted by Gasteiger charge is 2.25. The highest BCUT2D eigenvalue weighted by atomic mass is 16.5. The molecule has 0 unspecified atom stereocenters. The molecule has 0 radical (unpaired) electrons. The monoisotopic (exact) mass is 354 g/mol. The molecule has 1 N–H and O–H groups in total. The van der Waals surface area contributed by atoms with Crippen LogP contribution in [0.15, 0.2) is 36.4 Å². The van der Waals surface area contributed by atoms with Gasteiger partial charge in [0, 0.05) is 13.1 Å². The maximum atomic E-state index is 12.7.